The number of urea groups is 1. The van der Waals surface area contributed by atoms with Gasteiger partial charge in [0.1, 0.15) is 0 Å². The first kappa shape index (κ1) is 16.8. The Balaban J connectivity index is 1.41. The van der Waals surface area contributed by atoms with Crippen molar-refractivity contribution in [1.29, 1.82) is 0 Å². The van der Waals surface area contributed by atoms with Crippen LogP contribution >= 0.6 is 15.9 Å². The molecule has 0 unspecified atom stereocenters. The van der Waals surface area contributed by atoms with Crippen LogP contribution in [-0.4, -0.2) is 42.1 Å². The summed E-state index contributed by atoms with van der Waals surface area (Å²) in [5, 5.41) is 5.07. The molecular formula is C20H19BrN4O. The number of hydrogen-bond acceptors (Lipinski definition) is 3. The molecule has 4 rings (SSSR count). The number of pyridine rings is 1. The van der Waals surface area contributed by atoms with Gasteiger partial charge >= 0.3 is 6.03 Å². The molecule has 1 N–H and O–H groups in total. The second-order valence-electron chi connectivity index (χ2n) is 6.28. The molecule has 6 heteroatoms. The van der Waals surface area contributed by atoms with Crippen LogP contribution in [0.2, 0.25) is 0 Å². The fourth-order valence-electron chi connectivity index (χ4n) is 3.25. The highest BCUT2D eigenvalue weighted by molar-refractivity contribution is 9.10. The Kier molecular flexibility index (Phi) is 4.75. The fraction of sp³-hybridized carbons (Fsp3) is 0.200. The standard InChI is InChI=1S/C20H19BrN4O/c21-16-4-6-17(7-5-16)24-10-12-25(13-11-24)20(26)23-19-3-1-2-15-14-22-9-8-18(15)19/h1-9,14H,10-13H2,(H,23,26). The summed E-state index contributed by atoms with van der Waals surface area (Å²) in [6, 6.07) is 16.0. The Morgan fingerprint density at radius 1 is 1.00 bits per heavy atom. The van der Waals surface area contributed by atoms with Crippen molar-refractivity contribution in [1.82, 2.24) is 9.88 Å². The molecule has 2 heterocycles. The Hall–Kier alpha value is -2.60. The molecule has 0 bridgehead atoms. The molecule has 0 spiro atoms. The maximum absolute atomic E-state index is 12.7. The predicted molar refractivity (Wildman–Crippen MR) is 109 cm³/mol. The van der Waals surface area contributed by atoms with E-state index in [-0.39, 0.29) is 6.03 Å². The number of halogens is 1. The van der Waals surface area contributed by atoms with Crippen molar-refractivity contribution < 1.29 is 4.79 Å². The van der Waals surface area contributed by atoms with E-state index >= 15 is 0 Å². The average Bonchev–Trinajstić information content (AvgIpc) is 2.69. The van der Waals surface area contributed by atoms with Crippen LogP contribution in [0.25, 0.3) is 10.8 Å². The molecule has 1 aromatic heterocycles. The molecule has 1 fully saturated rings. The summed E-state index contributed by atoms with van der Waals surface area (Å²) < 4.78 is 1.07. The van der Waals surface area contributed by atoms with Gasteiger partial charge in [0, 0.05) is 59.5 Å². The molecule has 0 atom stereocenters. The van der Waals surface area contributed by atoms with E-state index in [1.54, 1.807) is 6.20 Å². The molecule has 26 heavy (non-hydrogen) atoms. The number of nitrogens with zero attached hydrogens (tertiary/aromatic N) is 3. The summed E-state index contributed by atoms with van der Waals surface area (Å²) in [5.41, 5.74) is 2.01. The van der Waals surface area contributed by atoms with Gasteiger partial charge < -0.3 is 15.1 Å². The first-order valence-electron chi connectivity index (χ1n) is 8.60. The second kappa shape index (κ2) is 7.33. The minimum Gasteiger partial charge on any atom is -0.368 e. The second-order valence-corrected chi connectivity index (χ2v) is 7.20. The van der Waals surface area contributed by atoms with Gasteiger partial charge in [-0.25, -0.2) is 4.79 Å². The lowest BCUT2D eigenvalue weighted by molar-refractivity contribution is 0.208. The van der Waals surface area contributed by atoms with Crippen molar-refractivity contribution in [2.45, 2.75) is 0 Å². The van der Waals surface area contributed by atoms with Gasteiger partial charge in [0.05, 0.1) is 5.69 Å². The molecule has 1 aliphatic heterocycles. The van der Waals surface area contributed by atoms with Crippen LogP contribution in [0.1, 0.15) is 0 Å². The summed E-state index contributed by atoms with van der Waals surface area (Å²) in [6.07, 6.45) is 3.55. The third kappa shape index (κ3) is 3.51. The maximum atomic E-state index is 12.7. The van der Waals surface area contributed by atoms with E-state index in [0.717, 1.165) is 34.0 Å². The zero-order valence-electron chi connectivity index (χ0n) is 14.2. The quantitative estimate of drug-likeness (QED) is 0.682. The first-order valence-corrected chi connectivity index (χ1v) is 9.39. The summed E-state index contributed by atoms with van der Waals surface area (Å²) >= 11 is 3.46. The normalized spacial score (nSPS) is 14.5. The van der Waals surface area contributed by atoms with E-state index in [4.69, 9.17) is 0 Å². The van der Waals surface area contributed by atoms with Crippen molar-refractivity contribution in [2.75, 3.05) is 36.4 Å². The lowest BCUT2D eigenvalue weighted by Gasteiger charge is -2.36. The Labute approximate surface area is 160 Å². The minimum atomic E-state index is -0.0511. The van der Waals surface area contributed by atoms with Crippen LogP contribution < -0.4 is 10.2 Å². The summed E-state index contributed by atoms with van der Waals surface area (Å²) in [7, 11) is 0. The van der Waals surface area contributed by atoms with Gasteiger partial charge in [0.25, 0.3) is 0 Å². The van der Waals surface area contributed by atoms with Crippen LogP contribution in [0.5, 0.6) is 0 Å². The third-order valence-electron chi connectivity index (χ3n) is 4.68. The van der Waals surface area contributed by atoms with Crippen molar-refractivity contribution in [3.05, 3.63) is 65.4 Å². The molecule has 3 aromatic rings. The van der Waals surface area contributed by atoms with Crippen LogP contribution in [0.15, 0.2) is 65.4 Å². The highest BCUT2D eigenvalue weighted by atomic mass is 79.9. The van der Waals surface area contributed by atoms with Crippen LogP contribution in [0, 0.1) is 0 Å². The van der Waals surface area contributed by atoms with E-state index in [1.807, 2.05) is 47.5 Å². The number of fused-ring (bicyclic) bond motifs is 1. The number of carbonyl (C=O) groups is 1. The number of aromatic nitrogens is 1. The first-order chi connectivity index (χ1) is 12.7. The predicted octanol–water partition coefficient (Wildman–Crippen LogP) is 4.35. The topological polar surface area (TPSA) is 48.5 Å². The monoisotopic (exact) mass is 410 g/mol. The zero-order valence-corrected chi connectivity index (χ0v) is 15.8. The number of hydrogen-bond donors (Lipinski definition) is 1. The zero-order chi connectivity index (χ0) is 17.9. The van der Waals surface area contributed by atoms with Gasteiger partial charge in [-0.05, 0) is 36.4 Å². The van der Waals surface area contributed by atoms with E-state index < -0.39 is 0 Å². The molecule has 2 amide bonds. The van der Waals surface area contributed by atoms with Gasteiger partial charge in [-0.3, -0.25) is 4.98 Å². The van der Waals surface area contributed by atoms with E-state index in [1.165, 1.54) is 5.69 Å². The maximum Gasteiger partial charge on any atom is 0.321 e. The van der Waals surface area contributed by atoms with Crippen LogP contribution in [0.3, 0.4) is 0 Å². The van der Waals surface area contributed by atoms with Crippen molar-refractivity contribution in [2.24, 2.45) is 0 Å². The Morgan fingerprint density at radius 2 is 1.77 bits per heavy atom. The Bertz CT molecular complexity index is 915. The highest BCUT2D eigenvalue weighted by Crippen LogP contribution is 2.23. The Morgan fingerprint density at radius 3 is 2.54 bits per heavy atom. The van der Waals surface area contributed by atoms with Gasteiger partial charge in [-0.2, -0.15) is 0 Å². The fourth-order valence-corrected chi connectivity index (χ4v) is 3.51. The van der Waals surface area contributed by atoms with Crippen LogP contribution in [0.4, 0.5) is 16.2 Å². The minimum absolute atomic E-state index is 0.0511. The number of piperazine rings is 1. The lowest BCUT2D eigenvalue weighted by Crippen LogP contribution is -2.50. The van der Waals surface area contributed by atoms with Crippen molar-refractivity contribution in [3.63, 3.8) is 0 Å². The molecule has 1 aliphatic rings. The number of carbonyl (C=O) groups excluding carboxylic acids is 1. The molecular weight excluding hydrogens is 392 g/mol. The van der Waals surface area contributed by atoms with Gasteiger partial charge in [-0.15, -0.1) is 0 Å². The van der Waals surface area contributed by atoms with E-state index in [9.17, 15) is 4.79 Å². The SMILES string of the molecule is O=C(Nc1cccc2cnccc12)N1CCN(c2ccc(Br)cc2)CC1. The number of amides is 2. The average molecular weight is 411 g/mol. The number of rotatable bonds is 2. The van der Waals surface area contributed by atoms with Crippen molar-refractivity contribution in [3.8, 4) is 0 Å². The largest absolute Gasteiger partial charge is 0.368 e. The molecule has 132 valence electrons. The molecule has 5 nitrogen and oxygen atoms in total. The highest BCUT2D eigenvalue weighted by Gasteiger charge is 2.21. The number of nitrogens with one attached hydrogen (secondary N) is 1. The van der Waals surface area contributed by atoms with Crippen LogP contribution in [-0.2, 0) is 0 Å². The molecule has 1 saturated heterocycles. The van der Waals surface area contributed by atoms with E-state index in [0.29, 0.717) is 13.1 Å². The summed E-state index contributed by atoms with van der Waals surface area (Å²) in [4.78, 5) is 21.0. The summed E-state index contributed by atoms with van der Waals surface area (Å²) in [5.74, 6) is 0. The van der Waals surface area contributed by atoms with E-state index in [2.05, 4.69) is 43.3 Å². The van der Waals surface area contributed by atoms with Gasteiger partial charge in [0.15, 0.2) is 0 Å². The third-order valence-corrected chi connectivity index (χ3v) is 5.21. The lowest BCUT2D eigenvalue weighted by atomic mass is 10.1. The molecule has 2 aromatic carbocycles. The van der Waals surface area contributed by atoms with Gasteiger partial charge in [0.2, 0.25) is 0 Å². The van der Waals surface area contributed by atoms with Gasteiger partial charge in [-0.1, -0.05) is 28.1 Å². The van der Waals surface area contributed by atoms with Crippen molar-refractivity contribution >= 4 is 44.1 Å². The number of benzene rings is 2. The number of anilines is 2. The molecule has 0 saturated carbocycles. The molecule has 0 aliphatic carbocycles. The summed E-state index contributed by atoms with van der Waals surface area (Å²) in [6.45, 7) is 3.06. The molecule has 0 radical (unpaired) electrons. The smallest absolute Gasteiger partial charge is 0.321 e.